The third-order valence-electron chi connectivity index (χ3n) is 13.5. The van der Waals surface area contributed by atoms with Gasteiger partial charge in [0, 0.05) is 25.2 Å². The molecule has 4 aliphatic rings. The second-order valence-corrected chi connectivity index (χ2v) is 16.1. The molecule has 0 amide bonds. The second-order valence-electron chi connectivity index (χ2n) is 16.1. The van der Waals surface area contributed by atoms with Crippen LogP contribution in [0.3, 0.4) is 0 Å². The lowest BCUT2D eigenvalue weighted by molar-refractivity contribution is -0.227. The van der Waals surface area contributed by atoms with Gasteiger partial charge in [0.2, 0.25) is 0 Å². The number of fused-ring (bicyclic) bond motifs is 5. The Morgan fingerprint density at radius 3 is 2.16 bits per heavy atom. The molecule has 0 saturated heterocycles. The molecule has 0 aromatic carbocycles. The van der Waals surface area contributed by atoms with Gasteiger partial charge in [-0.15, -0.1) is 0 Å². The van der Waals surface area contributed by atoms with Gasteiger partial charge in [-0.25, -0.2) is 0 Å². The third-order valence-corrected chi connectivity index (χ3v) is 13.5. The Balaban J connectivity index is 1.54. The van der Waals surface area contributed by atoms with E-state index in [2.05, 4.69) is 33.0 Å². The molecule has 45 heavy (non-hydrogen) atoms. The lowest BCUT2D eigenvalue weighted by atomic mass is 9.43. The van der Waals surface area contributed by atoms with E-state index in [1.54, 1.807) is 0 Å². The fourth-order valence-corrected chi connectivity index (χ4v) is 11.0. The van der Waals surface area contributed by atoms with Crippen LogP contribution < -0.4 is 22.5 Å². The van der Waals surface area contributed by atoms with E-state index in [1.807, 2.05) is 0 Å². The van der Waals surface area contributed by atoms with Crippen molar-refractivity contribution in [1.29, 1.82) is 0 Å². The van der Waals surface area contributed by atoms with Crippen molar-refractivity contribution in [2.75, 3.05) is 52.5 Å². The van der Waals surface area contributed by atoms with Gasteiger partial charge in [0.05, 0.1) is 18.3 Å². The average molecular weight is 635 g/mol. The Hall–Kier alpha value is -0.280. The van der Waals surface area contributed by atoms with E-state index < -0.39 is 0 Å². The van der Waals surface area contributed by atoms with E-state index in [1.165, 1.54) is 70.6 Å². The van der Waals surface area contributed by atoms with Crippen molar-refractivity contribution in [3.05, 3.63) is 0 Å². The lowest BCUT2D eigenvalue weighted by Gasteiger charge is -2.65. The van der Waals surface area contributed by atoms with Crippen LogP contribution in [0.25, 0.3) is 0 Å². The molecule has 0 radical (unpaired) electrons. The predicted molar refractivity (Wildman–Crippen MR) is 187 cm³/mol. The van der Waals surface area contributed by atoms with Gasteiger partial charge in [-0.05, 0) is 157 Å². The van der Waals surface area contributed by atoms with E-state index >= 15 is 0 Å². The lowest BCUT2D eigenvalue weighted by Crippen LogP contribution is -2.63. The first-order valence-electron chi connectivity index (χ1n) is 19.5. The topological polar surface area (TPSA) is 118 Å². The Labute approximate surface area is 277 Å². The predicted octanol–water partition coefficient (Wildman–Crippen LogP) is 6.26. The minimum absolute atomic E-state index is 0.185. The molecule has 0 heterocycles. The number of nitrogens with two attached hydrogens (primary N) is 3. The summed E-state index contributed by atoms with van der Waals surface area (Å²) in [6.07, 6.45) is 18.9. The molecule has 0 aromatic rings. The van der Waals surface area contributed by atoms with Crippen LogP contribution in [0.15, 0.2) is 0 Å². The van der Waals surface area contributed by atoms with Gasteiger partial charge < -0.3 is 36.7 Å². The molecule has 4 fully saturated rings. The highest BCUT2D eigenvalue weighted by Crippen LogP contribution is 2.69. The molecule has 7 N–H and O–H groups in total. The normalized spacial score (nSPS) is 38.5. The maximum Gasteiger partial charge on any atom is 0.0637 e. The van der Waals surface area contributed by atoms with Gasteiger partial charge >= 0.3 is 0 Å². The molecule has 0 aliphatic heterocycles. The Morgan fingerprint density at radius 1 is 0.756 bits per heavy atom. The zero-order chi connectivity index (χ0) is 32.3. The maximum atomic E-state index is 7.01. The van der Waals surface area contributed by atoms with Crippen molar-refractivity contribution in [2.24, 2.45) is 63.5 Å². The Bertz CT molecular complexity index is 833. The SMILES string of the molecule is CCCCCNCCC[C@@H](C)[C@H]1CC[C@H]2C3[C@H](OCCCN)CC4C[C@H](OCCCN)CC[C@]4(C)[C@H]3C[C@H](OCCCN)C12C. The fourth-order valence-electron chi connectivity index (χ4n) is 11.0. The van der Waals surface area contributed by atoms with Crippen molar-refractivity contribution in [2.45, 2.75) is 142 Å². The summed E-state index contributed by atoms with van der Waals surface area (Å²) in [6, 6.07) is 0. The van der Waals surface area contributed by atoms with E-state index in [4.69, 9.17) is 31.4 Å². The first-order chi connectivity index (χ1) is 21.8. The molecule has 3 unspecified atom stereocenters. The van der Waals surface area contributed by atoms with Crippen LogP contribution in [0, 0.1) is 46.3 Å². The molecule has 4 rings (SSSR count). The first-order valence-corrected chi connectivity index (χ1v) is 19.5. The highest BCUT2D eigenvalue weighted by molar-refractivity contribution is 5.15. The number of rotatable bonds is 21. The quantitative estimate of drug-likeness (QED) is 0.110. The van der Waals surface area contributed by atoms with Crippen LogP contribution in [-0.4, -0.2) is 70.9 Å². The fraction of sp³-hybridized carbons (Fsp3) is 1.00. The van der Waals surface area contributed by atoms with Crippen LogP contribution >= 0.6 is 0 Å². The summed E-state index contributed by atoms with van der Waals surface area (Å²) in [5.41, 5.74) is 18.2. The number of nitrogens with one attached hydrogen (secondary N) is 1. The van der Waals surface area contributed by atoms with Gasteiger partial charge in [0.1, 0.15) is 0 Å². The number of unbranched alkanes of at least 4 members (excludes halogenated alkanes) is 2. The first kappa shape index (κ1) is 37.5. The molecular formula is C38H74N4O3. The van der Waals surface area contributed by atoms with Gasteiger partial charge in [-0.2, -0.15) is 0 Å². The van der Waals surface area contributed by atoms with Crippen LogP contribution in [0.4, 0.5) is 0 Å². The van der Waals surface area contributed by atoms with Crippen LogP contribution in [0.1, 0.15) is 124 Å². The van der Waals surface area contributed by atoms with Gasteiger partial charge in [0.15, 0.2) is 0 Å². The van der Waals surface area contributed by atoms with E-state index in [0.29, 0.717) is 78.9 Å². The maximum absolute atomic E-state index is 7.01. The minimum atomic E-state index is 0.185. The van der Waals surface area contributed by atoms with Gasteiger partial charge in [0.25, 0.3) is 0 Å². The molecule has 264 valence electrons. The molecule has 4 saturated carbocycles. The molecule has 7 nitrogen and oxygen atoms in total. The van der Waals surface area contributed by atoms with Crippen LogP contribution in [0.2, 0.25) is 0 Å². The average Bonchev–Trinajstić information content (AvgIpc) is 3.39. The standard InChI is InChI=1S/C38H74N4O3/c1-5-6-7-20-42-21-8-12-28(2)31-13-14-32-36-33(27-35(38(31,32)4)45-24-11-19-41)37(3)16-15-30(43-22-9-17-39)25-29(37)26-34(36)44-23-10-18-40/h28-36,42H,5-27,39-41H2,1-4H3/t28-,29?,30-,31-,32+,33+,34-,35+,36?,37+,38?/m1/s1. The van der Waals surface area contributed by atoms with Crippen LogP contribution in [-0.2, 0) is 14.2 Å². The second kappa shape index (κ2) is 18.5. The molecule has 0 spiro atoms. The highest BCUT2D eigenvalue weighted by atomic mass is 16.5. The Morgan fingerprint density at radius 2 is 1.44 bits per heavy atom. The summed E-state index contributed by atoms with van der Waals surface area (Å²) < 4.78 is 20.3. The largest absolute Gasteiger partial charge is 0.378 e. The molecular weight excluding hydrogens is 560 g/mol. The van der Waals surface area contributed by atoms with Gasteiger partial charge in [-0.1, -0.05) is 40.5 Å². The summed E-state index contributed by atoms with van der Waals surface area (Å²) in [5, 5.41) is 3.71. The number of hydrogen-bond donors (Lipinski definition) is 4. The van der Waals surface area contributed by atoms with E-state index in [9.17, 15) is 0 Å². The van der Waals surface area contributed by atoms with Crippen molar-refractivity contribution in [1.82, 2.24) is 5.32 Å². The van der Waals surface area contributed by atoms with Crippen molar-refractivity contribution in [3.63, 3.8) is 0 Å². The zero-order valence-corrected chi connectivity index (χ0v) is 29.9. The summed E-state index contributed by atoms with van der Waals surface area (Å²) in [6.45, 7) is 16.9. The summed E-state index contributed by atoms with van der Waals surface area (Å²) in [7, 11) is 0. The highest BCUT2D eigenvalue weighted by Gasteiger charge is 2.66. The molecule has 0 bridgehead atoms. The third kappa shape index (κ3) is 8.85. The molecule has 7 heteroatoms. The van der Waals surface area contributed by atoms with E-state index in [0.717, 1.165) is 58.6 Å². The van der Waals surface area contributed by atoms with Gasteiger partial charge in [-0.3, -0.25) is 0 Å². The summed E-state index contributed by atoms with van der Waals surface area (Å²) in [5.74, 6) is 3.93. The summed E-state index contributed by atoms with van der Waals surface area (Å²) >= 11 is 0. The van der Waals surface area contributed by atoms with E-state index in [-0.39, 0.29) is 5.41 Å². The molecule has 0 aromatic heterocycles. The number of ether oxygens (including phenoxy) is 3. The smallest absolute Gasteiger partial charge is 0.0637 e. The van der Waals surface area contributed by atoms with Crippen molar-refractivity contribution < 1.29 is 14.2 Å². The Kier molecular flexibility index (Phi) is 15.4. The molecule has 11 atom stereocenters. The number of hydrogen-bond acceptors (Lipinski definition) is 7. The minimum Gasteiger partial charge on any atom is -0.378 e. The molecule has 4 aliphatic carbocycles. The monoisotopic (exact) mass is 635 g/mol. The van der Waals surface area contributed by atoms with Crippen molar-refractivity contribution in [3.8, 4) is 0 Å². The van der Waals surface area contributed by atoms with Crippen molar-refractivity contribution >= 4 is 0 Å². The summed E-state index contributed by atoms with van der Waals surface area (Å²) in [4.78, 5) is 0. The van der Waals surface area contributed by atoms with Crippen LogP contribution in [0.5, 0.6) is 0 Å². The zero-order valence-electron chi connectivity index (χ0n) is 29.9.